The van der Waals surface area contributed by atoms with Crippen LogP contribution in [0, 0.1) is 23.7 Å². The molecule has 2 aliphatic rings. The predicted molar refractivity (Wildman–Crippen MR) is 79.7 cm³/mol. The molecule has 0 amide bonds. The van der Waals surface area contributed by atoms with E-state index in [2.05, 4.69) is 26.1 Å². The molecule has 1 nitrogen and oxygen atoms in total. The molecule has 3 unspecified atom stereocenters. The van der Waals surface area contributed by atoms with E-state index >= 15 is 0 Å². The summed E-state index contributed by atoms with van der Waals surface area (Å²) in [5.74, 6) is 4.03. The molecule has 0 radical (unpaired) electrons. The molecule has 18 heavy (non-hydrogen) atoms. The largest absolute Gasteiger partial charge is 0.314 e. The maximum atomic E-state index is 3.68. The number of hydrogen-bond acceptors (Lipinski definition) is 1. The third kappa shape index (κ3) is 4.26. The van der Waals surface area contributed by atoms with E-state index in [0.29, 0.717) is 6.04 Å². The second kappa shape index (κ2) is 6.93. The number of hydrogen-bond donors (Lipinski definition) is 1. The molecule has 1 N–H and O–H groups in total. The first kappa shape index (κ1) is 14.4. The van der Waals surface area contributed by atoms with Crippen LogP contribution in [0.5, 0.6) is 0 Å². The molecule has 0 aliphatic heterocycles. The minimum absolute atomic E-state index is 0.650. The fourth-order valence-corrected chi connectivity index (χ4v) is 4.18. The van der Waals surface area contributed by atoms with Gasteiger partial charge in [0.05, 0.1) is 0 Å². The lowest BCUT2D eigenvalue weighted by molar-refractivity contribution is 0.153. The van der Waals surface area contributed by atoms with Crippen LogP contribution in [0.25, 0.3) is 0 Å². The molecule has 0 aromatic heterocycles. The van der Waals surface area contributed by atoms with Crippen molar-refractivity contribution in [1.82, 2.24) is 5.32 Å². The molecule has 0 saturated heterocycles. The van der Waals surface area contributed by atoms with Crippen molar-refractivity contribution in [2.75, 3.05) is 6.54 Å². The summed E-state index contributed by atoms with van der Waals surface area (Å²) in [5, 5.41) is 3.68. The molecule has 1 heteroatoms. The Bertz CT molecular complexity index is 230. The van der Waals surface area contributed by atoms with Crippen molar-refractivity contribution in [2.24, 2.45) is 23.7 Å². The molecule has 2 aliphatic carbocycles. The maximum absolute atomic E-state index is 3.68. The SMILES string of the molecule is CC1CCC(CNC(C)C)C(CC2CCCC2)C1. The van der Waals surface area contributed by atoms with Crippen molar-refractivity contribution < 1.29 is 0 Å². The quantitative estimate of drug-likeness (QED) is 0.752. The Morgan fingerprint density at radius 3 is 2.39 bits per heavy atom. The third-order valence-electron chi connectivity index (χ3n) is 5.30. The zero-order chi connectivity index (χ0) is 13.0. The molecule has 0 heterocycles. The topological polar surface area (TPSA) is 12.0 Å². The Balaban J connectivity index is 1.84. The average Bonchev–Trinajstić information content (AvgIpc) is 2.80. The third-order valence-corrected chi connectivity index (χ3v) is 5.30. The monoisotopic (exact) mass is 251 g/mol. The molecule has 0 bridgehead atoms. The fourth-order valence-electron chi connectivity index (χ4n) is 4.18. The van der Waals surface area contributed by atoms with Crippen molar-refractivity contribution >= 4 is 0 Å². The summed E-state index contributed by atoms with van der Waals surface area (Å²) in [7, 11) is 0. The van der Waals surface area contributed by atoms with Gasteiger partial charge in [-0.25, -0.2) is 0 Å². The van der Waals surface area contributed by atoms with Gasteiger partial charge in [-0.2, -0.15) is 0 Å². The second-order valence-electron chi connectivity index (χ2n) is 7.39. The molecule has 0 spiro atoms. The van der Waals surface area contributed by atoms with Crippen molar-refractivity contribution in [3.05, 3.63) is 0 Å². The first-order chi connectivity index (χ1) is 8.65. The minimum Gasteiger partial charge on any atom is -0.314 e. The first-order valence-corrected chi connectivity index (χ1v) is 8.38. The van der Waals surface area contributed by atoms with Crippen LogP contribution in [0.15, 0.2) is 0 Å². The van der Waals surface area contributed by atoms with Crippen LogP contribution in [0.4, 0.5) is 0 Å². The molecule has 0 aromatic rings. The second-order valence-corrected chi connectivity index (χ2v) is 7.39. The average molecular weight is 251 g/mol. The van der Waals surface area contributed by atoms with E-state index < -0.39 is 0 Å². The van der Waals surface area contributed by atoms with Crippen molar-refractivity contribution in [2.45, 2.75) is 78.2 Å². The van der Waals surface area contributed by atoms with Crippen LogP contribution in [0.2, 0.25) is 0 Å². The summed E-state index contributed by atoms with van der Waals surface area (Å²) in [5.41, 5.74) is 0. The fraction of sp³-hybridized carbons (Fsp3) is 1.00. The normalized spacial score (nSPS) is 34.3. The summed E-state index contributed by atoms with van der Waals surface area (Å²) < 4.78 is 0. The Labute approximate surface area is 114 Å². The highest BCUT2D eigenvalue weighted by Gasteiger charge is 2.31. The number of nitrogens with one attached hydrogen (secondary N) is 1. The highest BCUT2D eigenvalue weighted by Crippen LogP contribution is 2.40. The standard InChI is InChI=1S/C17H33N/c1-13(2)18-12-16-9-8-14(3)10-17(16)11-15-6-4-5-7-15/h13-18H,4-12H2,1-3H3. The van der Waals surface area contributed by atoms with Gasteiger partial charge < -0.3 is 5.32 Å². The van der Waals surface area contributed by atoms with Gasteiger partial charge in [-0.05, 0) is 49.5 Å². The molecule has 0 aromatic carbocycles. The predicted octanol–water partition coefficient (Wildman–Crippen LogP) is 4.62. The smallest absolute Gasteiger partial charge is 0.00104 e. The Hall–Kier alpha value is -0.0400. The lowest BCUT2D eigenvalue weighted by atomic mass is 9.71. The molecular formula is C17H33N. The molecule has 106 valence electrons. The highest BCUT2D eigenvalue weighted by atomic mass is 14.9. The Kier molecular flexibility index (Phi) is 5.54. The molecule has 2 rings (SSSR count). The lowest BCUT2D eigenvalue weighted by Crippen LogP contribution is -2.36. The van der Waals surface area contributed by atoms with Gasteiger partial charge in [0.15, 0.2) is 0 Å². The van der Waals surface area contributed by atoms with E-state index in [0.717, 1.165) is 23.7 Å². The van der Waals surface area contributed by atoms with Gasteiger partial charge in [-0.15, -0.1) is 0 Å². The molecule has 2 fully saturated rings. The van der Waals surface area contributed by atoms with Crippen LogP contribution >= 0.6 is 0 Å². The van der Waals surface area contributed by atoms with Crippen molar-refractivity contribution in [3.63, 3.8) is 0 Å². The van der Waals surface area contributed by atoms with Gasteiger partial charge in [0.1, 0.15) is 0 Å². The summed E-state index contributed by atoms with van der Waals surface area (Å²) in [6, 6.07) is 0.650. The van der Waals surface area contributed by atoms with Gasteiger partial charge in [-0.3, -0.25) is 0 Å². The Morgan fingerprint density at radius 2 is 1.72 bits per heavy atom. The summed E-state index contributed by atoms with van der Waals surface area (Å²) in [6.45, 7) is 8.28. The van der Waals surface area contributed by atoms with Gasteiger partial charge in [0.2, 0.25) is 0 Å². The van der Waals surface area contributed by atoms with Crippen LogP contribution in [-0.4, -0.2) is 12.6 Å². The number of rotatable bonds is 5. The van der Waals surface area contributed by atoms with E-state index in [-0.39, 0.29) is 0 Å². The van der Waals surface area contributed by atoms with E-state index in [1.165, 1.54) is 57.9 Å². The van der Waals surface area contributed by atoms with Gasteiger partial charge in [0.25, 0.3) is 0 Å². The van der Waals surface area contributed by atoms with Crippen molar-refractivity contribution in [1.29, 1.82) is 0 Å². The van der Waals surface area contributed by atoms with E-state index in [1.807, 2.05) is 0 Å². The maximum Gasteiger partial charge on any atom is 0.00104 e. The zero-order valence-electron chi connectivity index (χ0n) is 12.8. The van der Waals surface area contributed by atoms with Gasteiger partial charge in [-0.1, -0.05) is 52.9 Å². The van der Waals surface area contributed by atoms with E-state index in [4.69, 9.17) is 0 Å². The van der Waals surface area contributed by atoms with Crippen LogP contribution in [-0.2, 0) is 0 Å². The van der Waals surface area contributed by atoms with Crippen LogP contribution in [0.3, 0.4) is 0 Å². The first-order valence-electron chi connectivity index (χ1n) is 8.38. The molecule has 3 atom stereocenters. The molecule has 2 saturated carbocycles. The van der Waals surface area contributed by atoms with Crippen molar-refractivity contribution in [3.8, 4) is 0 Å². The zero-order valence-corrected chi connectivity index (χ0v) is 12.8. The highest BCUT2D eigenvalue weighted by molar-refractivity contribution is 4.83. The van der Waals surface area contributed by atoms with Crippen LogP contribution < -0.4 is 5.32 Å². The minimum atomic E-state index is 0.650. The summed E-state index contributed by atoms with van der Waals surface area (Å²) in [6.07, 6.45) is 12.0. The summed E-state index contributed by atoms with van der Waals surface area (Å²) in [4.78, 5) is 0. The molecular weight excluding hydrogens is 218 g/mol. The lowest BCUT2D eigenvalue weighted by Gasteiger charge is -2.37. The van der Waals surface area contributed by atoms with E-state index in [1.54, 1.807) is 0 Å². The summed E-state index contributed by atoms with van der Waals surface area (Å²) >= 11 is 0. The van der Waals surface area contributed by atoms with Gasteiger partial charge in [0, 0.05) is 6.04 Å². The Morgan fingerprint density at radius 1 is 1.00 bits per heavy atom. The van der Waals surface area contributed by atoms with E-state index in [9.17, 15) is 0 Å². The van der Waals surface area contributed by atoms with Gasteiger partial charge >= 0.3 is 0 Å². The van der Waals surface area contributed by atoms with Crippen LogP contribution in [0.1, 0.15) is 72.1 Å².